The molecule has 2 aromatic rings. The topological polar surface area (TPSA) is 86.8 Å². The zero-order valence-corrected chi connectivity index (χ0v) is 11.3. The van der Waals surface area contributed by atoms with Crippen molar-refractivity contribution < 1.29 is 4.79 Å². The van der Waals surface area contributed by atoms with E-state index in [1.807, 2.05) is 6.07 Å². The molecule has 7 nitrogen and oxygen atoms in total. The molecule has 3 rings (SSSR count). The summed E-state index contributed by atoms with van der Waals surface area (Å²) in [6.07, 6.45) is 3.97. The normalized spacial score (nSPS) is 14.4. The maximum absolute atomic E-state index is 11.9. The summed E-state index contributed by atoms with van der Waals surface area (Å²) in [6, 6.07) is 1.85. The van der Waals surface area contributed by atoms with Crippen LogP contribution in [0.2, 0.25) is 0 Å². The highest BCUT2D eigenvalue weighted by atomic mass is 32.1. The summed E-state index contributed by atoms with van der Waals surface area (Å²) in [5, 5.41) is 14.3. The van der Waals surface area contributed by atoms with Gasteiger partial charge in [0.25, 0.3) is 0 Å². The fourth-order valence-corrected chi connectivity index (χ4v) is 2.21. The van der Waals surface area contributed by atoms with Gasteiger partial charge in [-0.2, -0.15) is 5.10 Å². The molecule has 2 N–H and O–H groups in total. The lowest BCUT2D eigenvalue weighted by Gasteiger charge is -2.15. The maximum Gasteiger partial charge on any atom is 0.322 e. The fourth-order valence-electron chi connectivity index (χ4n) is 1.80. The first-order chi connectivity index (χ1) is 9.22. The lowest BCUT2D eigenvalue weighted by atomic mass is 10.2. The number of anilines is 1. The van der Waals surface area contributed by atoms with Crippen molar-refractivity contribution in [1.29, 1.82) is 0 Å². The van der Waals surface area contributed by atoms with E-state index < -0.39 is 0 Å². The highest BCUT2D eigenvalue weighted by molar-refractivity contribution is 7.10. The Morgan fingerprint density at radius 3 is 3.16 bits per heavy atom. The standard InChI is InChI=1S/C11H14N6OS/c1-17(11(18)13-10-5-12-16-19-10)6-8-4-9(15-14-8)7-2-3-7/h4-5,7H,2-3,6H2,1H3,(H,13,18)(H,14,15). The van der Waals surface area contributed by atoms with Crippen LogP contribution in [0, 0.1) is 0 Å². The average molecular weight is 278 g/mol. The van der Waals surface area contributed by atoms with Crippen molar-refractivity contribution in [2.45, 2.75) is 25.3 Å². The highest BCUT2D eigenvalue weighted by Crippen LogP contribution is 2.39. The molecule has 1 aliphatic rings. The van der Waals surface area contributed by atoms with Crippen LogP contribution in [0.4, 0.5) is 9.80 Å². The molecule has 1 aliphatic carbocycles. The monoisotopic (exact) mass is 278 g/mol. The molecule has 19 heavy (non-hydrogen) atoms. The predicted octanol–water partition coefficient (Wildman–Crippen LogP) is 1.80. The summed E-state index contributed by atoms with van der Waals surface area (Å²) >= 11 is 1.15. The van der Waals surface area contributed by atoms with Crippen LogP contribution in [0.25, 0.3) is 0 Å². The van der Waals surface area contributed by atoms with E-state index in [0.717, 1.165) is 22.9 Å². The van der Waals surface area contributed by atoms with Crippen LogP contribution in [0.1, 0.15) is 30.1 Å². The van der Waals surface area contributed by atoms with Gasteiger partial charge in [-0.15, -0.1) is 5.10 Å². The van der Waals surface area contributed by atoms with Crippen LogP contribution in [0.15, 0.2) is 12.3 Å². The Balaban J connectivity index is 1.57. The molecule has 0 unspecified atom stereocenters. The van der Waals surface area contributed by atoms with E-state index in [2.05, 4.69) is 25.1 Å². The smallest absolute Gasteiger partial charge is 0.322 e. The van der Waals surface area contributed by atoms with Crippen LogP contribution < -0.4 is 5.32 Å². The van der Waals surface area contributed by atoms with Gasteiger partial charge in [-0.25, -0.2) is 4.79 Å². The second-order valence-corrected chi connectivity index (χ2v) is 5.45. The van der Waals surface area contributed by atoms with E-state index in [1.54, 1.807) is 11.9 Å². The quantitative estimate of drug-likeness (QED) is 0.892. The molecule has 0 aromatic carbocycles. The van der Waals surface area contributed by atoms with E-state index in [9.17, 15) is 4.79 Å². The first-order valence-electron chi connectivity index (χ1n) is 6.06. The lowest BCUT2D eigenvalue weighted by Crippen LogP contribution is -2.30. The summed E-state index contributed by atoms with van der Waals surface area (Å²) < 4.78 is 3.69. The third-order valence-electron chi connectivity index (χ3n) is 2.99. The molecule has 0 atom stereocenters. The van der Waals surface area contributed by atoms with E-state index >= 15 is 0 Å². The van der Waals surface area contributed by atoms with Crippen molar-refractivity contribution in [3.63, 3.8) is 0 Å². The molecule has 2 amide bonds. The minimum absolute atomic E-state index is 0.186. The number of urea groups is 1. The van der Waals surface area contributed by atoms with Gasteiger partial charge < -0.3 is 4.90 Å². The van der Waals surface area contributed by atoms with Gasteiger partial charge in [0.2, 0.25) is 0 Å². The number of hydrogen-bond acceptors (Lipinski definition) is 5. The summed E-state index contributed by atoms with van der Waals surface area (Å²) in [7, 11) is 1.74. The molecule has 100 valence electrons. The molecule has 1 fully saturated rings. The Morgan fingerprint density at radius 1 is 1.63 bits per heavy atom. The van der Waals surface area contributed by atoms with Gasteiger partial charge >= 0.3 is 6.03 Å². The average Bonchev–Trinajstić information content (AvgIpc) is 2.92. The van der Waals surface area contributed by atoms with Gasteiger partial charge in [0, 0.05) is 24.5 Å². The van der Waals surface area contributed by atoms with Gasteiger partial charge in [0.1, 0.15) is 5.00 Å². The Kier molecular flexibility index (Phi) is 3.16. The molecule has 2 heterocycles. The van der Waals surface area contributed by atoms with E-state index in [1.165, 1.54) is 19.0 Å². The molecular formula is C11H14N6OS. The van der Waals surface area contributed by atoms with Gasteiger partial charge in [0.15, 0.2) is 0 Å². The number of nitrogens with one attached hydrogen (secondary N) is 2. The summed E-state index contributed by atoms with van der Waals surface area (Å²) in [6.45, 7) is 0.498. The zero-order chi connectivity index (χ0) is 13.2. The molecule has 2 aromatic heterocycles. The lowest BCUT2D eigenvalue weighted by molar-refractivity contribution is 0.220. The first-order valence-corrected chi connectivity index (χ1v) is 6.83. The number of nitrogens with zero attached hydrogens (tertiary/aromatic N) is 4. The third kappa shape index (κ3) is 2.90. The zero-order valence-electron chi connectivity index (χ0n) is 10.5. The number of carbonyl (C=O) groups excluding carboxylic acids is 1. The number of carbonyl (C=O) groups is 1. The highest BCUT2D eigenvalue weighted by Gasteiger charge is 2.26. The maximum atomic E-state index is 11.9. The minimum atomic E-state index is -0.186. The molecule has 8 heteroatoms. The Hall–Kier alpha value is -1.96. The Labute approximate surface area is 114 Å². The fraction of sp³-hybridized carbons (Fsp3) is 0.455. The number of hydrogen-bond donors (Lipinski definition) is 2. The Bertz CT molecular complexity index is 562. The van der Waals surface area contributed by atoms with Crippen molar-refractivity contribution >= 4 is 22.6 Å². The third-order valence-corrected chi connectivity index (χ3v) is 3.57. The van der Waals surface area contributed by atoms with Gasteiger partial charge in [-0.3, -0.25) is 10.4 Å². The first kappa shape index (κ1) is 12.1. The van der Waals surface area contributed by atoms with Gasteiger partial charge in [-0.05, 0) is 18.9 Å². The molecule has 0 bridgehead atoms. The van der Waals surface area contributed by atoms with Crippen LogP contribution in [0.3, 0.4) is 0 Å². The second-order valence-electron chi connectivity index (χ2n) is 4.66. The molecule has 1 saturated carbocycles. The van der Waals surface area contributed by atoms with Crippen molar-refractivity contribution in [3.05, 3.63) is 23.7 Å². The van der Waals surface area contributed by atoms with E-state index in [4.69, 9.17) is 0 Å². The molecule has 0 radical (unpaired) electrons. The van der Waals surface area contributed by atoms with Crippen LogP contribution >= 0.6 is 11.5 Å². The van der Waals surface area contributed by atoms with E-state index in [0.29, 0.717) is 17.5 Å². The predicted molar refractivity (Wildman–Crippen MR) is 71.0 cm³/mol. The van der Waals surface area contributed by atoms with Crippen molar-refractivity contribution in [2.75, 3.05) is 12.4 Å². The number of amides is 2. The number of aromatic amines is 1. The second kappa shape index (κ2) is 4.96. The molecular weight excluding hydrogens is 264 g/mol. The minimum Gasteiger partial charge on any atom is -0.322 e. The van der Waals surface area contributed by atoms with Crippen LogP contribution in [-0.2, 0) is 6.54 Å². The molecule has 0 aliphatic heterocycles. The van der Waals surface area contributed by atoms with Gasteiger partial charge in [0.05, 0.1) is 24.1 Å². The molecule has 0 spiro atoms. The number of aromatic nitrogens is 4. The number of rotatable bonds is 4. The summed E-state index contributed by atoms with van der Waals surface area (Å²) in [4.78, 5) is 13.5. The largest absolute Gasteiger partial charge is 0.322 e. The van der Waals surface area contributed by atoms with Crippen LogP contribution in [0.5, 0.6) is 0 Å². The Morgan fingerprint density at radius 2 is 2.47 bits per heavy atom. The van der Waals surface area contributed by atoms with Crippen molar-refractivity contribution in [3.8, 4) is 0 Å². The van der Waals surface area contributed by atoms with Crippen molar-refractivity contribution in [1.82, 2.24) is 24.7 Å². The summed E-state index contributed by atoms with van der Waals surface area (Å²) in [5.74, 6) is 0.618. The molecule has 0 saturated heterocycles. The van der Waals surface area contributed by atoms with E-state index in [-0.39, 0.29) is 6.03 Å². The van der Waals surface area contributed by atoms with Crippen molar-refractivity contribution in [2.24, 2.45) is 0 Å². The van der Waals surface area contributed by atoms with Gasteiger partial charge in [-0.1, -0.05) is 4.49 Å². The SMILES string of the molecule is CN(Cc1cc(C2CC2)n[nH]1)C(=O)Nc1cnns1. The summed E-state index contributed by atoms with van der Waals surface area (Å²) in [5.41, 5.74) is 2.05. The number of H-pyrrole nitrogens is 1. The van der Waals surface area contributed by atoms with Crippen LogP contribution in [-0.4, -0.2) is 37.8 Å².